The van der Waals surface area contributed by atoms with Crippen molar-refractivity contribution in [1.29, 1.82) is 0 Å². The van der Waals surface area contributed by atoms with Gasteiger partial charge < -0.3 is 4.74 Å². The van der Waals surface area contributed by atoms with Gasteiger partial charge in [0, 0.05) is 12.1 Å². The molecule has 2 fully saturated rings. The highest BCUT2D eigenvalue weighted by molar-refractivity contribution is 5.72. The third-order valence-corrected chi connectivity index (χ3v) is 7.85. The van der Waals surface area contributed by atoms with E-state index in [0.29, 0.717) is 12.2 Å². The molecule has 2 saturated carbocycles. The van der Waals surface area contributed by atoms with Gasteiger partial charge in [-0.05, 0) is 80.8 Å². The zero-order valence-corrected chi connectivity index (χ0v) is 19.4. The van der Waals surface area contributed by atoms with Crippen LogP contribution in [0.5, 0.6) is 5.75 Å². The number of esters is 1. The van der Waals surface area contributed by atoms with Crippen molar-refractivity contribution in [2.45, 2.75) is 110 Å². The molecule has 3 heteroatoms. The zero-order valence-electron chi connectivity index (χ0n) is 19.4. The lowest BCUT2D eigenvalue weighted by Crippen LogP contribution is -2.25. The maximum absolute atomic E-state index is 11.8. The zero-order chi connectivity index (χ0) is 21.2. The summed E-state index contributed by atoms with van der Waals surface area (Å²) < 4.78 is 5.39. The molecule has 3 nitrogen and oxygen atoms in total. The van der Waals surface area contributed by atoms with Crippen LogP contribution in [0, 0.1) is 23.7 Å². The van der Waals surface area contributed by atoms with Crippen LogP contribution in [0.25, 0.3) is 0 Å². The van der Waals surface area contributed by atoms with E-state index in [2.05, 4.69) is 18.8 Å². The van der Waals surface area contributed by atoms with Gasteiger partial charge in [0.05, 0.1) is 6.20 Å². The van der Waals surface area contributed by atoms with E-state index in [1.807, 2.05) is 12.1 Å². The smallest absolute Gasteiger partial charge is 0.311 e. The third-order valence-electron chi connectivity index (χ3n) is 7.85. The van der Waals surface area contributed by atoms with Gasteiger partial charge >= 0.3 is 5.97 Å². The van der Waals surface area contributed by atoms with Crippen molar-refractivity contribution in [3.63, 3.8) is 0 Å². The van der Waals surface area contributed by atoms with Gasteiger partial charge in [-0.3, -0.25) is 9.78 Å². The molecule has 0 aliphatic heterocycles. The van der Waals surface area contributed by atoms with E-state index in [-0.39, 0.29) is 5.97 Å². The summed E-state index contributed by atoms with van der Waals surface area (Å²) in [6.07, 6.45) is 20.7. The number of hydrogen-bond donors (Lipinski definition) is 0. The van der Waals surface area contributed by atoms with Crippen LogP contribution in [-0.2, 0) is 11.2 Å². The van der Waals surface area contributed by atoms with Gasteiger partial charge in [0.1, 0.15) is 5.75 Å². The summed E-state index contributed by atoms with van der Waals surface area (Å²) in [4.78, 5) is 16.4. The molecule has 2 aliphatic carbocycles. The Bertz CT molecular complexity index is 610. The Hall–Kier alpha value is -1.38. The summed E-state index contributed by atoms with van der Waals surface area (Å²) >= 11 is 0. The molecule has 1 heterocycles. The quantitative estimate of drug-likeness (QED) is 0.294. The predicted molar refractivity (Wildman–Crippen MR) is 124 cm³/mol. The first-order valence-electron chi connectivity index (χ1n) is 12.8. The fourth-order valence-electron chi connectivity index (χ4n) is 5.69. The number of unbranched alkanes of at least 4 members (excludes halogenated alkanes) is 2. The molecule has 0 N–H and O–H groups in total. The monoisotopic (exact) mass is 413 g/mol. The first kappa shape index (κ1) is 23.3. The summed E-state index contributed by atoms with van der Waals surface area (Å²) in [7, 11) is 0. The van der Waals surface area contributed by atoms with Gasteiger partial charge in [-0.2, -0.15) is 0 Å². The third kappa shape index (κ3) is 7.39. The minimum absolute atomic E-state index is 0.141. The van der Waals surface area contributed by atoms with E-state index in [4.69, 9.17) is 4.74 Å². The lowest BCUT2D eigenvalue weighted by Gasteiger charge is -2.37. The maximum atomic E-state index is 11.8. The van der Waals surface area contributed by atoms with Crippen LogP contribution in [0.15, 0.2) is 18.3 Å². The number of ether oxygens (including phenoxy) is 1. The SMILES string of the molecule is CCCCCC(=O)Oc1ccc(CCC2CCC(C3CCC(CC)CC3)CC2)nc1. The molecule has 1 aromatic rings. The fourth-order valence-corrected chi connectivity index (χ4v) is 5.69. The Morgan fingerprint density at radius 1 is 0.933 bits per heavy atom. The Kier molecular flexibility index (Phi) is 9.68. The van der Waals surface area contributed by atoms with Crippen LogP contribution in [-0.4, -0.2) is 11.0 Å². The molecule has 2 aliphatic rings. The van der Waals surface area contributed by atoms with E-state index in [1.54, 1.807) is 6.20 Å². The molecule has 0 amide bonds. The Balaban J connectivity index is 1.33. The first-order valence-corrected chi connectivity index (χ1v) is 12.8. The number of aryl methyl sites for hydroxylation is 1. The molecule has 3 rings (SSSR count). The summed E-state index contributed by atoms with van der Waals surface area (Å²) in [6, 6.07) is 3.94. The van der Waals surface area contributed by atoms with E-state index in [0.717, 1.165) is 55.0 Å². The van der Waals surface area contributed by atoms with Crippen LogP contribution in [0.3, 0.4) is 0 Å². The largest absolute Gasteiger partial charge is 0.425 e. The molecule has 0 unspecified atom stereocenters. The highest BCUT2D eigenvalue weighted by atomic mass is 16.5. The van der Waals surface area contributed by atoms with Crippen molar-refractivity contribution in [2.75, 3.05) is 0 Å². The fraction of sp³-hybridized carbons (Fsp3) is 0.778. The molecular weight excluding hydrogens is 370 g/mol. The van der Waals surface area contributed by atoms with Gasteiger partial charge in [0.2, 0.25) is 0 Å². The van der Waals surface area contributed by atoms with Crippen molar-refractivity contribution in [2.24, 2.45) is 23.7 Å². The second kappa shape index (κ2) is 12.5. The number of carbonyl (C=O) groups is 1. The standard InChI is InChI=1S/C27H43NO2/c1-3-5-6-7-27(29)30-26-19-18-25(28-20-26)17-12-22-10-15-24(16-11-22)23-13-8-21(4-2)9-14-23/h18-24H,3-17H2,1-2H3. The normalized spacial score (nSPS) is 27.0. The van der Waals surface area contributed by atoms with E-state index < -0.39 is 0 Å². The number of nitrogens with zero attached hydrogens (tertiary/aromatic N) is 1. The lowest BCUT2D eigenvalue weighted by molar-refractivity contribution is -0.134. The van der Waals surface area contributed by atoms with E-state index in [9.17, 15) is 4.79 Å². The highest BCUT2D eigenvalue weighted by Gasteiger charge is 2.30. The topological polar surface area (TPSA) is 39.2 Å². The average molecular weight is 414 g/mol. The summed E-state index contributed by atoms with van der Waals surface area (Å²) in [6.45, 7) is 4.50. The Morgan fingerprint density at radius 3 is 2.17 bits per heavy atom. The molecule has 168 valence electrons. The van der Waals surface area contributed by atoms with E-state index >= 15 is 0 Å². The first-order chi connectivity index (χ1) is 14.7. The average Bonchev–Trinajstić information content (AvgIpc) is 2.79. The van der Waals surface area contributed by atoms with Gasteiger partial charge in [0.15, 0.2) is 0 Å². The highest BCUT2D eigenvalue weighted by Crippen LogP contribution is 2.42. The van der Waals surface area contributed by atoms with E-state index in [1.165, 1.54) is 64.2 Å². The molecular formula is C27H43NO2. The van der Waals surface area contributed by atoms with Crippen molar-refractivity contribution in [1.82, 2.24) is 4.98 Å². The Morgan fingerprint density at radius 2 is 1.60 bits per heavy atom. The molecule has 0 bridgehead atoms. The number of hydrogen-bond acceptors (Lipinski definition) is 3. The number of aromatic nitrogens is 1. The molecule has 0 spiro atoms. The number of rotatable bonds is 10. The molecule has 0 radical (unpaired) electrons. The molecule has 0 aromatic carbocycles. The second-order valence-corrected chi connectivity index (χ2v) is 9.92. The minimum Gasteiger partial charge on any atom is -0.425 e. The van der Waals surface area contributed by atoms with Gasteiger partial charge in [-0.1, -0.05) is 58.8 Å². The van der Waals surface area contributed by atoms with Crippen molar-refractivity contribution < 1.29 is 9.53 Å². The Labute approximate surface area is 184 Å². The van der Waals surface area contributed by atoms with Gasteiger partial charge in [-0.15, -0.1) is 0 Å². The molecule has 0 saturated heterocycles. The summed E-state index contributed by atoms with van der Waals surface area (Å²) in [5.74, 6) is 4.35. The van der Waals surface area contributed by atoms with Crippen LogP contribution >= 0.6 is 0 Å². The van der Waals surface area contributed by atoms with Gasteiger partial charge in [-0.25, -0.2) is 0 Å². The van der Waals surface area contributed by atoms with Crippen molar-refractivity contribution in [3.8, 4) is 5.75 Å². The summed E-state index contributed by atoms with van der Waals surface area (Å²) in [5.41, 5.74) is 1.13. The lowest BCUT2D eigenvalue weighted by atomic mass is 9.68. The van der Waals surface area contributed by atoms with Crippen LogP contribution in [0.1, 0.15) is 109 Å². The van der Waals surface area contributed by atoms with Gasteiger partial charge in [0.25, 0.3) is 0 Å². The molecule has 30 heavy (non-hydrogen) atoms. The van der Waals surface area contributed by atoms with Crippen LogP contribution < -0.4 is 4.74 Å². The minimum atomic E-state index is -0.141. The molecule has 0 atom stereocenters. The van der Waals surface area contributed by atoms with Crippen LogP contribution in [0.2, 0.25) is 0 Å². The van der Waals surface area contributed by atoms with Crippen molar-refractivity contribution in [3.05, 3.63) is 24.0 Å². The van der Waals surface area contributed by atoms with Crippen molar-refractivity contribution >= 4 is 5.97 Å². The maximum Gasteiger partial charge on any atom is 0.311 e. The molecule has 1 aromatic heterocycles. The summed E-state index contributed by atoms with van der Waals surface area (Å²) in [5, 5.41) is 0. The predicted octanol–water partition coefficient (Wildman–Crippen LogP) is 7.52. The second-order valence-electron chi connectivity index (χ2n) is 9.92. The number of pyridine rings is 1. The van der Waals surface area contributed by atoms with Crippen LogP contribution in [0.4, 0.5) is 0 Å². The number of carbonyl (C=O) groups excluding carboxylic acids is 1.